The van der Waals surface area contributed by atoms with E-state index in [1.54, 1.807) is 6.20 Å². The number of rotatable bonds is 1. The van der Waals surface area contributed by atoms with Crippen LogP contribution in [-0.4, -0.2) is 10.4 Å². The lowest BCUT2D eigenvalue weighted by atomic mass is 9.75. The van der Waals surface area contributed by atoms with Crippen molar-refractivity contribution in [1.82, 2.24) is 4.98 Å². The molecule has 1 aliphatic rings. The fourth-order valence-corrected chi connectivity index (χ4v) is 3.19. The van der Waals surface area contributed by atoms with E-state index in [0.29, 0.717) is 5.82 Å². The number of nitrogens with two attached hydrogens (primary N) is 1. The van der Waals surface area contributed by atoms with Crippen molar-refractivity contribution >= 4 is 23.0 Å². The molecule has 0 aromatic carbocycles. The summed E-state index contributed by atoms with van der Waals surface area (Å²) in [5, 5.41) is 0.0905. The van der Waals surface area contributed by atoms with Crippen molar-refractivity contribution in [2.75, 3.05) is 5.73 Å². The highest BCUT2D eigenvalue weighted by Crippen LogP contribution is 2.42. The number of anilines is 1. The van der Waals surface area contributed by atoms with E-state index in [9.17, 15) is 0 Å². The van der Waals surface area contributed by atoms with Gasteiger partial charge in [0.25, 0.3) is 0 Å². The molecule has 1 aliphatic carbocycles. The average molecular weight is 251 g/mol. The first-order valence-electron chi connectivity index (χ1n) is 5.95. The first-order valence-corrected chi connectivity index (χ1v) is 6.39. The molecular weight excluding hydrogens is 232 g/mol. The van der Waals surface area contributed by atoms with Crippen molar-refractivity contribution in [3.05, 3.63) is 29.5 Å². The van der Waals surface area contributed by atoms with Gasteiger partial charge in [0.1, 0.15) is 5.82 Å². The summed E-state index contributed by atoms with van der Waals surface area (Å²) in [7, 11) is 0. The highest BCUT2D eigenvalue weighted by molar-refractivity contribution is 6.22. The van der Waals surface area contributed by atoms with Gasteiger partial charge >= 0.3 is 0 Å². The molecule has 92 valence electrons. The smallest absolute Gasteiger partial charge is 0.131 e. The topological polar surface area (TPSA) is 38.9 Å². The lowest BCUT2D eigenvalue weighted by molar-refractivity contribution is 0.340. The minimum absolute atomic E-state index is 0.0905. The molecule has 0 saturated carbocycles. The maximum absolute atomic E-state index is 6.31. The number of nitrogen functional groups attached to an aromatic ring is 1. The van der Waals surface area contributed by atoms with Gasteiger partial charge in [0.05, 0.1) is 5.38 Å². The van der Waals surface area contributed by atoms with E-state index in [4.69, 9.17) is 17.3 Å². The SMILES string of the molecule is Cc1ccnc(N)c1C1=CC(Cl)CC(C)(C)C1. The summed E-state index contributed by atoms with van der Waals surface area (Å²) in [6, 6.07) is 2.00. The van der Waals surface area contributed by atoms with Crippen LogP contribution in [0.5, 0.6) is 0 Å². The fourth-order valence-electron chi connectivity index (χ4n) is 2.62. The van der Waals surface area contributed by atoms with Gasteiger partial charge in [0.15, 0.2) is 0 Å². The van der Waals surface area contributed by atoms with Gasteiger partial charge in [-0.05, 0) is 42.4 Å². The van der Waals surface area contributed by atoms with Crippen LogP contribution in [0.15, 0.2) is 18.3 Å². The number of alkyl halides is 1. The number of halogens is 1. The van der Waals surface area contributed by atoms with Crippen LogP contribution in [0.25, 0.3) is 5.57 Å². The number of nitrogens with zero attached hydrogens (tertiary/aromatic N) is 1. The summed E-state index contributed by atoms with van der Waals surface area (Å²) in [4.78, 5) is 4.18. The Morgan fingerprint density at radius 3 is 2.76 bits per heavy atom. The van der Waals surface area contributed by atoms with Crippen molar-refractivity contribution in [1.29, 1.82) is 0 Å². The third-order valence-electron chi connectivity index (χ3n) is 3.31. The lowest BCUT2D eigenvalue weighted by Crippen LogP contribution is -2.22. The predicted molar refractivity (Wildman–Crippen MR) is 74.0 cm³/mol. The lowest BCUT2D eigenvalue weighted by Gasteiger charge is -2.33. The van der Waals surface area contributed by atoms with Crippen LogP contribution in [-0.2, 0) is 0 Å². The van der Waals surface area contributed by atoms with Gasteiger partial charge in [-0.25, -0.2) is 4.98 Å². The molecule has 2 nitrogen and oxygen atoms in total. The zero-order valence-electron chi connectivity index (χ0n) is 10.6. The van der Waals surface area contributed by atoms with E-state index in [1.807, 2.05) is 6.07 Å². The molecule has 0 aliphatic heterocycles. The summed E-state index contributed by atoms with van der Waals surface area (Å²) in [6.45, 7) is 6.56. The molecule has 1 heterocycles. The molecule has 1 atom stereocenters. The van der Waals surface area contributed by atoms with E-state index in [0.717, 1.165) is 18.4 Å². The Kier molecular flexibility index (Phi) is 3.17. The quantitative estimate of drug-likeness (QED) is 0.771. The monoisotopic (exact) mass is 250 g/mol. The van der Waals surface area contributed by atoms with E-state index in [1.165, 1.54) is 11.1 Å². The Bertz CT molecular complexity index is 443. The second kappa shape index (κ2) is 4.34. The summed E-state index contributed by atoms with van der Waals surface area (Å²) >= 11 is 6.31. The van der Waals surface area contributed by atoms with Gasteiger partial charge in [-0.3, -0.25) is 0 Å². The minimum Gasteiger partial charge on any atom is -0.383 e. The molecule has 1 aromatic heterocycles. The molecule has 3 heteroatoms. The van der Waals surface area contributed by atoms with Crippen LogP contribution in [0.1, 0.15) is 37.8 Å². The predicted octanol–water partition coefficient (Wildman–Crippen LogP) is 3.78. The first kappa shape index (κ1) is 12.4. The van der Waals surface area contributed by atoms with Crippen LogP contribution in [0.2, 0.25) is 0 Å². The molecular formula is C14H19ClN2. The van der Waals surface area contributed by atoms with Crippen molar-refractivity contribution in [2.45, 2.75) is 39.0 Å². The van der Waals surface area contributed by atoms with Gasteiger partial charge in [0, 0.05) is 11.8 Å². The summed E-state index contributed by atoms with van der Waals surface area (Å²) < 4.78 is 0. The molecule has 1 aromatic rings. The van der Waals surface area contributed by atoms with Crippen molar-refractivity contribution < 1.29 is 0 Å². The van der Waals surface area contributed by atoms with Gasteiger partial charge in [-0.1, -0.05) is 19.9 Å². The Balaban J connectivity index is 2.47. The van der Waals surface area contributed by atoms with Crippen LogP contribution in [0.4, 0.5) is 5.82 Å². The summed E-state index contributed by atoms with van der Waals surface area (Å²) in [6.07, 6.45) is 5.90. The van der Waals surface area contributed by atoms with Crippen LogP contribution in [0.3, 0.4) is 0 Å². The number of hydrogen-bond donors (Lipinski definition) is 1. The third-order valence-corrected chi connectivity index (χ3v) is 3.59. The standard InChI is InChI=1S/C14H19ClN2/c1-9-4-5-17-13(16)12(9)10-6-11(15)8-14(2,3)7-10/h4-6,11H,7-8H2,1-3H3,(H2,16,17). The average Bonchev–Trinajstić information content (AvgIpc) is 2.13. The maximum Gasteiger partial charge on any atom is 0.131 e. The summed E-state index contributed by atoms with van der Waals surface area (Å²) in [5.74, 6) is 0.609. The van der Waals surface area contributed by atoms with Crippen molar-refractivity contribution in [2.24, 2.45) is 5.41 Å². The molecule has 2 N–H and O–H groups in total. The Morgan fingerprint density at radius 2 is 2.18 bits per heavy atom. The van der Waals surface area contributed by atoms with E-state index < -0.39 is 0 Å². The van der Waals surface area contributed by atoms with Crippen LogP contribution in [0, 0.1) is 12.3 Å². The Hall–Kier alpha value is -1.02. The molecule has 1 unspecified atom stereocenters. The number of hydrogen-bond acceptors (Lipinski definition) is 2. The molecule has 0 amide bonds. The van der Waals surface area contributed by atoms with Gasteiger partial charge in [0.2, 0.25) is 0 Å². The highest BCUT2D eigenvalue weighted by atomic mass is 35.5. The highest BCUT2D eigenvalue weighted by Gasteiger charge is 2.29. The summed E-state index contributed by atoms with van der Waals surface area (Å²) in [5.41, 5.74) is 9.71. The molecule has 17 heavy (non-hydrogen) atoms. The zero-order chi connectivity index (χ0) is 12.6. The molecule has 2 rings (SSSR count). The second-order valence-electron chi connectivity index (χ2n) is 5.64. The second-order valence-corrected chi connectivity index (χ2v) is 6.20. The Labute approximate surface area is 108 Å². The van der Waals surface area contributed by atoms with E-state index in [2.05, 4.69) is 31.8 Å². The van der Waals surface area contributed by atoms with Crippen LogP contribution < -0.4 is 5.73 Å². The zero-order valence-corrected chi connectivity index (χ0v) is 11.4. The molecule has 0 bridgehead atoms. The van der Waals surface area contributed by atoms with Gasteiger partial charge < -0.3 is 5.73 Å². The van der Waals surface area contributed by atoms with Gasteiger partial charge in [-0.2, -0.15) is 0 Å². The number of aryl methyl sites for hydroxylation is 1. The normalized spacial score (nSPS) is 23.3. The third kappa shape index (κ3) is 2.63. The van der Waals surface area contributed by atoms with Crippen molar-refractivity contribution in [3.63, 3.8) is 0 Å². The molecule has 0 radical (unpaired) electrons. The molecule has 0 fully saturated rings. The van der Waals surface area contributed by atoms with E-state index in [-0.39, 0.29) is 10.8 Å². The largest absolute Gasteiger partial charge is 0.383 e. The van der Waals surface area contributed by atoms with Crippen molar-refractivity contribution in [3.8, 4) is 0 Å². The molecule has 0 saturated heterocycles. The van der Waals surface area contributed by atoms with Gasteiger partial charge in [-0.15, -0.1) is 11.6 Å². The maximum atomic E-state index is 6.31. The number of aromatic nitrogens is 1. The molecule has 0 spiro atoms. The van der Waals surface area contributed by atoms with E-state index >= 15 is 0 Å². The Morgan fingerprint density at radius 1 is 1.47 bits per heavy atom. The minimum atomic E-state index is 0.0905. The number of allylic oxidation sites excluding steroid dienone is 2. The van der Waals surface area contributed by atoms with Crippen LogP contribution >= 0.6 is 11.6 Å². The number of pyridine rings is 1. The first-order chi connectivity index (χ1) is 7.89. The fraction of sp³-hybridized carbons (Fsp3) is 0.500.